The van der Waals surface area contributed by atoms with Crippen LogP contribution in [0.3, 0.4) is 0 Å². The van der Waals surface area contributed by atoms with Gasteiger partial charge in [-0.15, -0.1) is 23.4 Å². The van der Waals surface area contributed by atoms with Crippen LogP contribution in [0.4, 0.5) is 5.82 Å². The monoisotopic (exact) mass is 257 g/mol. The van der Waals surface area contributed by atoms with E-state index < -0.39 is 0 Å². The Morgan fingerprint density at radius 3 is 2.75 bits per heavy atom. The van der Waals surface area contributed by atoms with E-state index >= 15 is 0 Å². The number of thioether (sulfide) groups is 1. The molecule has 1 saturated carbocycles. The zero-order valence-corrected chi connectivity index (χ0v) is 10.9. The summed E-state index contributed by atoms with van der Waals surface area (Å²) in [4.78, 5) is 8.39. The third-order valence-corrected chi connectivity index (χ3v) is 3.94. The highest BCUT2D eigenvalue weighted by Crippen LogP contribution is 2.25. The first-order valence-corrected chi connectivity index (χ1v) is 7.20. The molecule has 2 rings (SSSR count). The average Bonchev–Trinajstić information content (AvgIpc) is 2.32. The second-order valence-corrected chi connectivity index (χ2v) is 5.48. The summed E-state index contributed by atoms with van der Waals surface area (Å²) in [6, 6.07) is 2.51. The number of rotatable bonds is 3. The van der Waals surface area contributed by atoms with Gasteiger partial charge >= 0.3 is 0 Å². The highest BCUT2D eigenvalue weighted by Gasteiger charge is 2.19. The molecule has 88 valence electrons. The van der Waals surface area contributed by atoms with Crippen LogP contribution >= 0.6 is 23.4 Å². The Labute approximate surface area is 105 Å². The van der Waals surface area contributed by atoms with Crippen LogP contribution in [0, 0.1) is 0 Å². The van der Waals surface area contributed by atoms with Gasteiger partial charge in [0.15, 0.2) is 0 Å². The molecule has 1 aliphatic rings. The van der Waals surface area contributed by atoms with Gasteiger partial charge in [0, 0.05) is 17.5 Å². The van der Waals surface area contributed by atoms with E-state index in [0.717, 1.165) is 36.5 Å². The molecule has 1 aromatic heterocycles. The van der Waals surface area contributed by atoms with Crippen molar-refractivity contribution in [3.05, 3.63) is 12.4 Å². The molecule has 0 aromatic carbocycles. The van der Waals surface area contributed by atoms with E-state index in [4.69, 9.17) is 11.6 Å². The van der Waals surface area contributed by atoms with E-state index in [1.807, 2.05) is 12.3 Å². The molecule has 0 unspecified atom stereocenters. The van der Waals surface area contributed by atoms with Crippen molar-refractivity contribution in [3.8, 4) is 0 Å². The molecule has 16 heavy (non-hydrogen) atoms. The lowest BCUT2D eigenvalue weighted by Crippen LogP contribution is -2.26. The molecule has 0 saturated heterocycles. The van der Waals surface area contributed by atoms with Crippen LogP contribution < -0.4 is 5.32 Å². The summed E-state index contributed by atoms with van der Waals surface area (Å²) in [5.41, 5.74) is 0. The lowest BCUT2D eigenvalue weighted by atomic mass is 9.95. The van der Waals surface area contributed by atoms with Crippen LogP contribution in [0.25, 0.3) is 0 Å². The predicted molar refractivity (Wildman–Crippen MR) is 69.3 cm³/mol. The fourth-order valence-corrected chi connectivity index (χ4v) is 2.57. The van der Waals surface area contributed by atoms with Crippen LogP contribution in [0.5, 0.6) is 0 Å². The Balaban J connectivity index is 1.93. The van der Waals surface area contributed by atoms with E-state index in [2.05, 4.69) is 15.3 Å². The summed E-state index contributed by atoms with van der Waals surface area (Å²) in [6.45, 7) is 0. The van der Waals surface area contributed by atoms with Crippen molar-refractivity contribution in [1.29, 1.82) is 0 Å². The Kier molecular flexibility index (Phi) is 4.29. The number of hydrogen-bond donors (Lipinski definition) is 1. The number of anilines is 1. The van der Waals surface area contributed by atoms with Crippen molar-refractivity contribution in [2.45, 2.75) is 42.1 Å². The van der Waals surface area contributed by atoms with E-state index in [1.54, 1.807) is 18.1 Å². The van der Waals surface area contributed by atoms with E-state index in [9.17, 15) is 0 Å². The minimum atomic E-state index is 0.366. The maximum Gasteiger partial charge on any atom is 0.130 e. The Morgan fingerprint density at radius 1 is 1.31 bits per heavy atom. The van der Waals surface area contributed by atoms with Crippen molar-refractivity contribution < 1.29 is 0 Å². The van der Waals surface area contributed by atoms with Crippen molar-refractivity contribution in [2.75, 3.05) is 11.6 Å². The van der Waals surface area contributed by atoms with Crippen molar-refractivity contribution in [1.82, 2.24) is 9.97 Å². The Hall–Kier alpha value is -0.480. The number of halogens is 1. The van der Waals surface area contributed by atoms with Crippen molar-refractivity contribution in [2.24, 2.45) is 0 Å². The molecular formula is C11H16ClN3S. The molecule has 0 amide bonds. The maximum absolute atomic E-state index is 6.08. The highest BCUT2D eigenvalue weighted by atomic mass is 35.5. The first-order chi connectivity index (χ1) is 7.78. The molecule has 1 aliphatic carbocycles. The predicted octanol–water partition coefficient (Wildman–Crippen LogP) is 3.16. The van der Waals surface area contributed by atoms with Gasteiger partial charge in [-0.2, -0.15) is 0 Å². The molecule has 0 spiro atoms. The quantitative estimate of drug-likeness (QED) is 0.513. The SMILES string of the molecule is CSc1cc(NC2CCC(Cl)CC2)ncn1. The molecule has 0 bridgehead atoms. The highest BCUT2D eigenvalue weighted by molar-refractivity contribution is 7.98. The number of aromatic nitrogens is 2. The van der Waals surface area contributed by atoms with Crippen LogP contribution in [0.1, 0.15) is 25.7 Å². The van der Waals surface area contributed by atoms with Crippen molar-refractivity contribution in [3.63, 3.8) is 0 Å². The molecule has 1 N–H and O–H groups in total. The molecule has 5 heteroatoms. The standard InChI is InChI=1S/C11H16ClN3S/c1-16-11-6-10(13-7-14-11)15-9-4-2-8(12)3-5-9/h6-9H,2-5H2,1H3,(H,13,14,15). The fourth-order valence-electron chi connectivity index (χ4n) is 1.94. The van der Waals surface area contributed by atoms with Crippen molar-refractivity contribution >= 4 is 29.2 Å². The topological polar surface area (TPSA) is 37.8 Å². The second kappa shape index (κ2) is 5.73. The molecule has 1 aromatic rings. The molecule has 3 nitrogen and oxygen atoms in total. The van der Waals surface area contributed by atoms with Gasteiger partial charge in [-0.25, -0.2) is 9.97 Å². The number of nitrogens with zero attached hydrogens (tertiary/aromatic N) is 2. The third kappa shape index (κ3) is 3.25. The molecule has 1 heterocycles. The minimum Gasteiger partial charge on any atom is -0.367 e. The maximum atomic E-state index is 6.08. The molecular weight excluding hydrogens is 242 g/mol. The van der Waals surface area contributed by atoms with Gasteiger partial charge in [0.1, 0.15) is 17.2 Å². The molecule has 0 radical (unpaired) electrons. The van der Waals surface area contributed by atoms with Gasteiger partial charge in [0.25, 0.3) is 0 Å². The summed E-state index contributed by atoms with van der Waals surface area (Å²) >= 11 is 7.71. The number of alkyl halides is 1. The summed E-state index contributed by atoms with van der Waals surface area (Å²) in [6.07, 6.45) is 8.09. The lowest BCUT2D eigenvalue weighted by Gasteiger charge is -2.26. The summed E-state index contributed by atoms with van der Waals surface area (Å²) < 4.78 is 0. The van der Waals surface area contributed by atoms with Crippen LogP contribution in [-0.2, 0) is 0 Å². The van der Waals surface area contributed by atoms with E-state index in [1.165, 1.54) is 0 Å². The minimum absolute atomic E-state index is 0.366. The van der Waals surface area contributed by atoms with E-state index in [0.29, 0.717) is 11.4 Å². The molecule has 0 aliphatic heterocycles. The molecule has 1 fully saturated rings. The van der Waals surface area contributed by atoms with Crippen LogP contribution in [0.15, 0.2) is 17.4 Å². The first-order valence-electron chi connectivity index (χ1n) is 5.54. The van der Waals surface area contributed by atoms with Gasteiger partial charge in [0.2, 0.25) is 0 Å². The largest absolute Gasteiger partial charge is 0.367 e. The zero-order chi connectivity index (χ0) is 11.4. The Bertz CT molecular complexity index is 340. The normalized spacial score (nSPS) is 25.4. The fraction of sp³-hybridized carbons (Fsp3) is 0.636. The van der Waals surface area contributed by atoms with Crippen LogP contribution in [0.2, 0.25) is 0 Å². The van der Waals surface area contributed by atoms with Crippen LogP contribution in [-0.4, -0.2) is 27.6 Å². The summed E-state index contributed by atoms with van der Waals surface area (Å²) in [7, 11) is 0. The first kappa shape index (κ1) is 12.0. The summed E-state index contributed by atoms with van der Waals surface area (Å²) in [5, 5.41) is 4.82. The lowest BCUT2D eigenvalue weighted by molar-refractivity contribution is 0.467. The smallest absolute Gasteiger partial charge is 0.130 e. The van der Waals surface area contributed by atoms with Gasteiger partial charge in [-0.05, 0) is 31.9 Å². The number of hydrogen-bond acceptors (Lipinski definition) is 4. The van der Waals surface area contributed by atoms with Gasteiger partial charge < -0.3 is 5.32 Å². The second-order valence-electron chi connectivity index (χ2n) is 4.04. The molecule has 0 atom stereocenters. The summed E-state index contributed by atoms with van der Waals surface area (Å²) in [5.74, 6) is 0.928. The van der Waals surface area contributed by atoms with Gasteiger partial charge in [-0.1, -0.05) is 0 Å². The average molecular weight is 258 g/mol. The van der Waals surface area contributed by atoms with Gasteiger partial charge in [-0.3, -0.25) is 0 Å². The number of nitrogens with one attached hydrogen (secondary N) is 1. The Morgan fingerprint density at radius 2 is 2.06 bits per heavy atom. The zero-order valence-electron chi connectivity index (χ0n) is 9.32. The third-order valence-electron chi connectivity index (χ3n) is 2.86. The van der Waals surface area contributed by atoms with E-state index in [-0.39, 0.29) is 0 Å². The van der Waals surface area contributed by atoms with Gasteiger partial charge in [0.05, 0.1) is 0 Å².